The summed E-state index contributed by atoms with van der Waals surface area (Å²) in [5.41, 5.74) is 6.68. The minimum Gasteiger partial charge on any atom is -0.489 e. The van der Waals surface area contributed by atoms with E-state index >= 15 is 0 Å². The van der Waals surface area contributed by atoms with Crippen LogP contribution in [0.2, 0.25) is 0 Å². The summed E-state index contributed by atoms with van der Waals surface area (Å²) in [6.07, 6.45) is 0.637. The van der Waals surface area contributed by atoms with Gasteiger partial charge in [-0.25, -0.2) is 9.38 Å². The van der Waals surface area contributed by atoms with Gasteiger partial charge in [-0.3, -0.25) is 4.79 Å². The van der Waals surface area contributed by atoms with Crippen LogP contribution in [0.5, 0.6) is 5.75 Å². The molecular formula is C21H27FN4O2. The van der Waals surface area contributed by atoms with Crippen molar-refractivity contribution in [3.8, 4) is 5.75 Å². The zero-order chi connectivity index (χ0) is 20.4. The van der Waals surface area contributed by atoms with E-state index in [2.05, 4.69) is 15.6 Å². The Hall–Kier alpha value is -3.09. The molecule has 0 bridgehead atoms. The average molecular weight is 386 g/mol. The molecule has 1 unspecified atom stereocenters. The van der Waals surface area contributed by atoms with Crippen LogP contribution in [0.25, 0.3) is 0 Å². The first-order valence-corrected chi connectivity index (χ1v) is 9.35. The molecule has 0 aromatic heterocycles. The molecule has 0 aliphatic heterocycles. The third-order valence-corrected chi connectivity index (χ3v) is 4.05. The van der Waals surface area contributed by atoms with Gasteiger partial charge in [-0.05, 0) is 43.2 Å². The lowest BCUT2D eigenvalue weighted by Gasteiger charge is -2.20. The van der Waals surface area contributed by atoms with Gasteiger partial charge in [0.15, 0.2) is 5.96 Å². The van der Waals surface area contributed by atoms with Crippen LogP contribution in [0.4, 0.5) is 4.39 Å². The molecule has 7 heteroatoms. The first kappa shape index (κ1) is 21.2. The van der Waals surface area contributed by atoms with Gasteiger partial charge < -0.3 is 21.1 Å². The molecule has 0 radical (unpaired) electrons. The van der Waals surface area contributed by atoms with Gasteiger partial charge in [0.1, 0.15) is 17.7 Å². The Morgan fingerprint density at radius 2 is 1.93 bits per heavy atom. The summed E-state index contributed by atoms with van der Waals surface area (Å²) in [5, 5.41) is 6.44. The van der Waals surface area contributed by atoms with Crippen molar-refractivity contribution in [1.29, 1.82) is 0 Å². The normalized spacial score (nSPS) is 12.3. The number of carbonyl (C=O) groups is 1. The second-order valence-electron chi connectivity index (χ2n) is 6.24. The van der Waals surface area contributed by atoms with Crippen LogP contribution >= 0.6 is 0 Å². The number of nitrogens with one attached hydrogen (secondary N) is 2. The van der Waals surface area contributed by atoms with Crippen LogP contribution in [-0.2, 0) is 6.54 Å². The smallest absolute Gasteiger partial charge is 0.248 e. The highest BCUT2D eigenvalue weighted by atomic mass is 19.1. The highest BCUT2D eigenvalue weighted by molar-refractivity contribution is 5.92. The zero-order valence-electron chi connectivity index (χ0n) is 16.2. The number of rotatable bonds is 9. The van der Waals surface area contributed by atoms with E-state index in [1.54, 1.807) is 24.3 Å². The molecule has 0 saturated heterocycles. The van der Waals surface area contributed by atoms with Crippen molar-refractivity contribution in [3.63, 3.8) is 0 Å². The Labute approximate surface area is 165 Å². The maximum absolute atomic E-state index is 13.3. The van der Waals surface area contributed by atoms with Gasteiger partial charge in [0.05, 0.1) is 13.1 Å². The van der Waals surface area contributed by atoms with Gasteiger partial charge in [0.2, 0.25) is 5.91 Å². The van der Waals surface area contributed by atoms with Crippen LogP contribution in [0, 0.1) is 5.82 Å². The average Bonchev–Trinajstić information content (AvgIpc) is 2.69. The largest absolute Gasteiger partial charge is 0.489 e. The van der Waals surface area contributed by atoms with E-state index in [-0.39, 0.29) is 11.9 Å². The molecule has 28 heavy (non-hydrogen) atoms. The van der Waals surface area contributed by atoms with E-state index in [0.29, 0.717) is 36.9 Å². The van der Waals surface area contributed by atoms with Crippen LogP contribution in [0.15, 0.2) is 53.5 Å². The van der Waals surface area contributed by atoms with Crippen LogP contribution in [-0.4, -0.2) is 31.1 Å². The molecule has 2 aromatic carbocycles. The Bertz CT molecular complexity index is 793. The number of hydrogen-bond donors (Lipinski definition) is 3. The number of halogens is 1. The van der Waals surface area contributed by atoms with E-state index in [1.807, 2.05) is 26.0 Å². The summed E-state index contributed by atoms with van der Waals surface area (Å²) in [6.45, 7) is 5.69. The van der Waals surface area contributed by atoms with Gasteiger partial charge in [0, 0.05) is 18.2 Å². The number of nitrogens with zero attached hydrogens (tertiary/aromatic N) is 1. The number of benzene rings is 2. The lowest BCUT2D eigenvalue weighted by atomic mass is 10.1. The van der Waals surface area contributed by atoms with Crippen molar-refractivity contribution in [1.82, 2.24) is 10.6 Å². The lowest BCUT2D eigenvalue weighted by Crippen LogP contribution is -2.42. The predicted molar refractivity (Wildman–Crippen MR) is 109 cm³/mol. The summed E-state index contributed by atoms with van der Waals surface area (Å²) in [7, 11) is 0. The van der Waals surface area contributed by atoms with Crippen molar-refractivity contribution >= 4 is 11.9 Å². The monoisotopic (exact) mass is 386 g/mol. The Balaban J connectivity index is 1.94. The quantitative estimate of drug-likeness (QED) is 0.457. The number of nitrogens with two attached hydrogens (primary N) is 1. The zero-order valence-corrected chi connectivity index (χ0v) is 16.2. The van der Waals surface area contributed by atoms with Gasteiger partial charge in [-0.2, -0.15) is 0 Å². The molecule has 0 aliphatic carbocycles. The molecule has 2 aromatic rings. The summed E-state index contributed by atoms with van der Waals surface area (Å²) in [6, 6.07) is 13.2. The van der Waals surface area contributed by atoms with E-state index in [0.717, 1.165) is 12.0 Å². The fraction of sp³-hybridized carbons (Fsp3) is 0.333. The molecule has 0 heterocycles. The molecule has 6 nitrogen and oxygen atoms in total. The molecule has 0 spiro atoms. The molecule has 150 valence electrons. The van der Waals surface area contributed by atoms with Crippen LogP contribution in [0.1, 0.15) is 36.2 Å². The van der Waals surface area contributed by atoms with Gasteiger partial charge in [0.25, 0.3) is 0 Å². The molecule has 0 fully saturated rings. The van der Waals surface area contributed by atoms with Crippen LogP contribution in [0.3, 0.4) is 0 Å². The number of aliphatic imine (C=N–C) groups is 1. The van der Waals surface area contributed by atoms with E-state index in [1.165, 1.54) is 12.1 Å². The maximum Gasteiger partial charge on any atom is 0.248 e. The lowest BCUT2D eigenvalue weighted by molar-refractivity contribution is 0.100. The summed E-state index contributed by atoms with van der Waals surface area (Å²) in [5.74, 6) is 0.388. The van der Waals surface area contributed by atoms with E-state index in [9.17, 15) is 9.18 Å². The second-order valence-corrected chi connectivity index (χ2v) is 6.24. The standard InChI is InChI=1S/C21H27FN4O2/c1-3-18(28-19-7-5-6-17(22)12-19)14-26-21(24-4-2)25-13-15-8-10-16(11-9-15)20(23)27/h5-12,18H,3-4,13-14H2,1-2H3,(H2,23,27)(H2,24,25,26). The molecule has 1 atom stereocenters. The van der Waals surface area contributed by atoms with E-state index in [4.69, 9.17) is 10.5 Å². The first-order chi connectivity index (χ1) is 13.5. The molecule has 0 aliphatic rings. The van der Waals surface area contributed by atoms with Gasteiger partial charge in [-0.1, -0.05) is 25.1 Å². The molecule has 0 saturated carbocycles. The molecule has 1 amide bonds. The number of primary amides is 1. The number of hydrogen-bond acceptors (Lipinski definition) is 3. The third-order valence-electron chi connectivity index (χ3n) is 4.05. The fourth-order valence-electron chi connectivity index (χ4n) is 2.50. The molecular weight excluding hydrogens is 359 g/mol. The maximum atomic E-state index is 13.3. The number of amides is 1. The SMILES string of the molecule is CCNC(=NCc1ccc(C(N)=O)cc1)NCC(CC)Oc1cccc(F)c1. The van der Waals surface area contributed by atoms with Gasteiger partial charge >= 0.3 is 0 Å². The van der Waals surface area contributed by atoms with Crippen molar-refractivity contribution in [2.24, 2.45) is 10.7 Å². The van der Waals surface area contributed by atoms with Gasteiger partial charge in [-0.15, -0.1) is 0 Å². The number of guanidine groups is 1. The molecule has 4 N–H and O–H groups in total. The minimum atomic E-state index is -0.450. The summed E-state index contributed by atoms with van der Waals surface area (Å²) < 4.78 is 19.2. The molecule has 2 rings (SSSR count). The predicted octanol–water partition coefficient (Wildman–Crippen LogP) is 2.84. The Kier molecular flexibility index (Phi) is 8.27. The summed E-state index contributed by atoms with van der Waals surface area (Å²) >= 11 is 0. The van der Waals surface area contributed by atoms with Crippen molar-refractivity contribution in [2.45, 2.75) is 32.9 Å². The summed E-state index contributed by atoms with van der Waals surface area (Å²) in [4.78, 5) is 15.7. The first-order valence-electron chi connectivity index (χ1n) is 9.35. The fourth-order valence-corrected chi connectivity index (χ4v) is 2.50. The highest BCUT2D eigenvalue weighted by Gasteiger charge is 2.10. The Morgan fingerprint density at radius 1 is 1.18 bits per heavy atom. The van der Waals surface area contributed by atoms with Crippen LogP contribution < -0.4 is 21.1 Å². The number of carbonyl (C=O) groups excluding carboxylic acids is 1. The van der Waals surface area contributed by atoms with Crippen molar-refractivity contribution < 1.29 is 13.9 Å². The number of ether oxygens (including phenoxy) is 1. The highest BCUT2D eigenvalue weighted by Crippen LogP contribution is 2.14. The van der Waals surface area contributed by atoms with E-state index < -0.39 is 5.91 Å². The third kappa shape index (κ3) is 6.90. The topological polar surface area (TPSA) is 88.7 Å². The van der Waals surface area contributed by atoms with Crippen molar-refractivity contribution in [2.75, 3.05) is 13.1 Å². The second kappa shape index (κ2) is 10.9. The van der Waals surface area contributed by atoms with Crippen molar-refractivity contribution in [3.05, 3.63) is 65.5 Å². The Morgan fingerprint density at radius 3 is 2.54 bits per heavy atom. The minimum absolute atomic E-state index is 0.125.